The minimum atomic E-state index is -1.95. The predicted octanol–water partition coefficient (Wildman–Crippen LogP) is 5.01. The highest BCUT2D eigenvalue weighted by Crippen LogP contribution is 2.39. The zero-order chi connectivity index (χ0) is 21.2. The van der Waals surface area contributed by atoms with E-state index in [9.17, 15) is 9.90 Å². The zero-order valence-electron chi connectivity index (χ0n) is 19.0. The van der Waals surface area contributed by atoms with Gasteiger partial charge in [-0.1, -0.05) is 40.7 Å². The first kappa shape index (κ1) is 24.2. The summed E-state index contributed by atoms with van der Waals surface area (Å²) < 4.78 is 12.0. The first-order valence-corrected chi connectivity index (χ1v) is 13.0. The molecule has 27 heavy (non-hydrogen) atoms. The number of hydrogen-bond donors (Lipinski definition) is 2. The zero-order valence-corrected chi connectivity index (χ0v) is 20.0. The Bertz CT molecular complexity index is 543. The monoisotopic (exact) mass is 399 g/mol. The lowest BCUT2D eigenvalue weighted by atomic mass is 9.93. The van der Waals surface area contributed by atoms with E-state index in [4.69, 9.17) is 9.16 Å². The van der Waals surface area contributed by atoms with Crippen molar-refractivity contribution in [2.24, 2.45) is 5.92 Å². The Hall–Kier alpha value is -0.853. The number of rotatable bonds is 4. The van der Waals surface area contributed by atoms with Crippen LogP contribution in [0.25, 0.3) is 0 Å². The van der Waals surface area contributed by atoms with Crippen LogP contribution >= 0.6 is 0 Å². The van der Waals surface area contributed by atoms with E-state index >= 15 is 0 Å². The summed E-state index contributed by atoms with van der Waals surface area (Å²) >= 11 is 0. The van der Waals surface area contributed by atoms with Crippen LogP contribution in [0, 0.1) is 5.92 Å². The number of aliphatic hydroxyl groups excluding tert-OH is 1. The fraction of sp³-hybridized carbons (Fsp3) is 0.857. The second kappa shape index (κ2) is 8.66. The average Bonchev–Trinajstić information content (AvgIpc) is 2.55. The first-order chi connectivity index (χ1) is 12.0. The van der Waals surface area contributed by atoms with Crippen molar-refractivity contribution in [1.29, 1.82) is 0 Å². The molecule has 0 saturated carbocycles. The van der Waals surface area contributed by atoms with Gasteiger partial charge in [0, 0.05) is 0 Å². The molecule has 0 spiro atoms. The van der Waals surface area contributed by atoms with Gasteiger partial charge < -0.3 is 19.6 Å². The number of carbonyl (C=O) groups is 1. The number of ether oxygens (including phenoxy) is 1. The molecular formula is C21H41NO4Si. The smallest absolute Gasteiger partial charge is 0.407 e. The Morgan fingerprint density at radius 2 is 1.78 bits per heavy atom. The van der Waals surface area contributed by atoms with Crippen molar-refractivity contribution in [3.8, 4) is 0 Å². The maximum atomic E-state index is 12.3. The molecular weight excluding hydrogens is 358 g/mol. The van der Waals surface area contributed by atoms with Crippen LogP contribution in [-0.4, -0.2) is 43.4 Å². The molecule has 0 aliphatic heterocycles. The van der Waals surface area contributed by atoms with Crippen LogP contribution in [0.4, 0.5) is 4.79 Å². The third kappa shape index (κ3) is 7.24. The molecule has 0 saturated heterocycles. The fourth-order valence-electron chi connectivity index (χ4n) is 2.99. The van der Waals surface area contributed by atoms with Gasteiger partial charge >= 0.3 is 6.09 Å². The lowest BCUT2D eigenvalue weighted by Crippen LogP contribution is -2.49. The molecule has 5 nitrogen and oxygen atoms in total. The molecule has 0 aromatic carbocycles. The molecule has 0 heterocycles. The highest BCUT2D eigenvalue weighted by Gasteiger charge is 2.41. The van der Waals surface area contributed by atoms with Crippen LogP contribution in [-0.2, 0) is 9.16 Å². The summed E-state index contributed by atoms with van der Waals surface area (Å²) in [6.45, 7) is 20.7. The minimum absolute atomic E-state index is 0.0308. The van der Waals surface area contributed by atoms with Gasteiger partial charge in [0.05, 0.1) is 18.2 Å². The normalized spacial score (nSPS) is 25.0. The third-order valence-corrected chi connectivity index (χ3v) is 10.0. The number of amides is 1. The summed E-state index contributed by atoms with van der Waals surface area (Å²) in [5.41, 5.74) is 0.380. The van der Waals surface area contributed by atoms with Gasteiger partial charge in [0.2, 0.25) is 0 Å². The van der Waals surface area contributed by atoms with E-state index in [0.29, 0.717) is 6.42 Å². The summed E-state index contributed by atoms with van der Waals surface area (Å²) in [6, 6.07) is -0.425. The largest absolute Gasteiger partial charge is 0.444 e. The summed E-state index contributed by atoms with van der Waals surface area (Å²) in [5.74, 6) is 0.203. The Kier molecular flexibility index (Phi) is 7.76. The van der Waals surface area contributed by atoms with Crippen LogP contribution in [0.2, 0.25) is 18.1 Å². The molecule has 2 N–H and O–H groups in total. The molecule has 0 aromatic rings. The second-order valence-electron chi connectivity index (χ2n) is 10.5. The maximum absolute atomic E-state index is 12.3. The Morgan fingerprint density at radius 1 is 1.22 bits per heavy atom. The number of hydrogen-bond acceptors (Lipinski definition) is 4. The van der Waals surface area contributed by atoms with E-state index in [-0.39, 0.29) is 17.1 Å². The van der Waals surface area contributed by atoms with E-state index in [1.807, 2.05) is 20.8 Å². The highest BCUT2D eigenvalue weighted by molar-refractivity contribution is 6.74. The number of alkyl carbamates (subject to hydrolysis) is 1. The summed E-state index contributed by atoms with van der Waals surface area (Å²) in [7, 11) is -1.95. The standard InChI is InChI=1S/C21H41NO4Si/c1-14(2)16-12-11-15(26-27(9,10)21(6,7)8)13-17(18(16)23)22-19(24)25-20(3,4)5/h12,14-15,17-18,23H,11,13H2,1-10H3,(H,22,24)/t15-,17+,18-/m0/s1. The maximum Gasteiger partial charge on any atom is 0.407 e. The predicted molar refractivity (Wildman–Crippen MR) is 113 cm³/mol. The molecule has 6 heteroatoms. The van der Waals surface area contributed by atoms with Gasteiger partial charge in [0.1, 0.15) is 5.60 Å². The van der Waals surface area contributed by atoms with E-state index in [1.54, 1.807) is 0 Å². The SMILES string of the molecule is CC(C)C1=CC[C@H](O[Si](C)(C)C(C)(C)C)C[C@@H](NC(=O)OC(C)(C)C)[C@H]1O. The molecule has 158 valence electrons. The molecule has 0 radical (unpaired) electrons. The lowest BCUT2D eigenvalue weighted by Gasteiger charge is -2.39. The van der Waals surface area contributed by atoms with E-state index in [1.165, 1.54) is 0 Å². The van der Waals surface area contributed by atoms with Crippen molar-refractivity contribution in [2.45, 2.75) is 110 Å². The molecule has 0 bridgehead atoms. The summed E-state index contributed by atoms with van der Waals surface area (Å²) in [5, 5.41) is 13.9. The number of aliphatic hydroxyl groups is 1. The topological polar surface area (TPSA) is 67.8 Å². The fourth-order valence-corrected chi connectivity index (χ4v) is 4.37. The second-order valence-corrected chi connectivity index (χ2v) is 15.3. The van der Waals surface area contributed by atoms with Gasteiger partial charge in [0.15, 0.2) is 8.32 Å². The lowest BCUT2D eigenvalue weighted by molar-refractivity contribution is 0.0407. The Balaban J connectivity index is 3.02. The van der Waals surface area contributed by atoms with Gasteiger partial charge in [-0.05, 0) is 63.2 Å². The van der Waals surface area contributed by atoms with Crippen molar-refractivity contribution < 1.29 is 19.1 Å². The molecule has 3 atom stereocenters. The van der Waals surface area contributed by atoms with Crippen molar-refractivity contribution in [3.63, 3.8) is 0 Å². The van der Waals surface area contributed by atoms with E-state index < -0.39 is 32.2 Å². The van der Waals surface area contributed by atoms with Crippen molar-refractivity contribution in [1.82, 2.24) is 5.32 Å². The molecule has 1 amide bonds. The first-order valence-electron chi connectivity index (χ1n) is 10.1. The molecule has 0 aromatic heterocycles. The Labute approximate surface area is 167 Å². The van der Waals surface area contributed by atoms with Gasteiger partial charge in [-0.15, -0.1) is 0 Å². The molecule has 1 aliphatic carbocycles. The van der Waals surface area contributed by atoms with Gasteiger partial charge in [0.25, 0.3) is 0 Å². The van der Waals surface area contributed by atoms with Crippen molar-refractivity contribution in [3.05, 3.63) is 11.6 Å². The van der Waals surface area contributed by atoms with Crippen molar-refractivity contribution >= 4 is 14.4 Å². The van der Waals surface area contributed by atoms with Gasteiger partial charge in [-0.2, -0.15) is 0 Å². The van der Waals surface area contributed by atoms with Crippen LogP contribution in [0.15, 0.2) is 11.6 Å². The minimum Gasteiger partial charge on any atom is -0.444 e. The molecule has 1 rings (SSSR count). The van der Waals surface area contributed by atoms with Crippen molar-refractivity contribution in [2.75, 3.05) is 0 Å². The van der Waals surface area contributed by atoms with Crippen LogP contribution in [0.1, 0.15) is 68.2 Å². The number of nitrogens with one attached hydrogen (secondary N) is 1. The van der Waals surface area contributed by atoms with Crippen LogP contribution < -0.4 is 5.32 Å². The van der Waals surface area contributed by atoms with Crippen LogP contribution in [0.3, 0.4) is 0 Å². The summed E-state index contributed by atoms with van der Waals surface area (Å²) in [6.07, 6.45) is 2.16. The molecule has 1 aliphatic rings. The van der Waals surface area contributed by atoms with E-state index in [0.717, 1.165) is 12.0 Å². The average molecular weight is 400 g/mol. The van der Waals surface area contributed by atoms with E-state index in [2.05, 4.69) is 59.1 Å². The number of carbonyl (C=O) groups excluding carboxylic acids is 1. The molecule has 0 fully saturated rings. The molecule has 0 unspecified atom stereocenters. The van der Waals surface area contributed by atoms with Gasteiger partial charge in [-0.25, -0.2) is 4.79 Å². The summed E-state index contributed by atoms with van der Waals surface area (Å²) in [4.78, 5) is 12.3. The quantitative estimate of drug-likeness (QED) is 0.515. The third-order valence-electron chi connectivity index (χ3n) is 5.49. The Morgan fingerprint density at radius 3 is 2.22 bits per heavy atom. The highest BCUT2D eigenvalue weighted by atomic mass is 28.4. The van der Waals surface area contributed by atoms with Gasteiger partial charge in [-0.3, -0.25) is 0 Å². The van der Waals surface area contributed by atoms with Crippen LogP contribution in [0.5, 0.6) is 0 Å².